The molecule has 0 spiro atoms. The molecule has 2 heterocycles. The summed E-state index contributed by atoms with van der Waals surface area (Å²) in [5.74, 6) is 1.07. The minimum absolute atomic E-state index is 0.0558. The summed E-state index contributed by atoms with van der Waals surface area (Å²) >= 11 is 1.62. The van der Waals surface area contributed by atoms with Crippen molar-refractivity contribution in [1.82, 2.24) is 5.32 Å². The van der Waals surface area contributed by atoms with Gasteiger partial charge in [-0.25, -0.2) is 0 Å². The number of hydrogen-bond acceptors (Lipinski definition) is 5. The fraction of sp³-hybridized carbons (Fsp3) is 0.231. The predicted molar refractivity (Wildman–Crippen MR) is 128 cm³/mol. The first kappa shape index (κ1) is 21.8. The van der Waals surface area contributed by atoms with Gasteiger partial charge in [-0.2, -0.15) is 0 Å². The van der Waals surface area contributed by atoms with Crippen molar-refractivity contribution in [2.75, 3.05) is 6.61 Å². The van der Waals surface area contributed by atoms with Crippen molar-refractivity contribution in [2.24, 2.45) is 5.92 Å². The second-order valence-electron chi connectivity index (χ2n) is 7.98. The van der Waals surface area contributed by atoms with Gasteiger partial charge in [0.2, 0.25) is 5.43 Å². The van der Waals surface area contributed by atoms with Crippen molar-refractivity contribution in [3.8, 4) is 16.9 Å². The molecule has 0 aliphatic carbocycles. The molecule has 6 heteroatoms. The standard InChI is InChI=1S/C26H25NO4S/c1-16(2)25(22-10-7-13-32-22)27-23(28)15-30-19-11-12-20-21(14-19)31-17(3)24(26(20)29)18-8-5-4-6-9-18/h4-14,16,25H,15H2,1-3H3,(H,27,28). The van der Waals surface area contributed by atoms with Gasteiger partial charge in [0.25, 0.3) is 5.91 Å². The van der Waals surface area contributed by atoms with E-state index in [0.29, 0.717) is 28.0 Å². The van der Waals surface area contributed by atoms with Crippen molar-refractivity contribution in [1.29, 1.82) is 0 Å². The molecule has 1 N–H and O–H groups in total. The number of ether oxygens (including phenoxy) is 1. The number of carbonyl (C=O) groups is 1. The summed E-state index contributed by atoms with van der Waals surface area (Å²) < 4.78 is 11.6. The van der Waals surface area contributed by atoms with Crippen LogP contribution >= 0.6 is 11.3 Å². The number of nitrogens with one attached hydrogen (secondary N) is 1. The smallest absolute Gasteiger partial charge is 0.258 e. The molecule has 0 radical (unpaired) electrons. The highest BCUT2D eigenvalue weighted by atomic mass is 32.1. The monoisotopic (exact) mass is 447 g/mol. The molecule has 0 bridgehead atoms. The average Bonchev–Trinajstić information content (AvgIpc) is 3.31. The zero-order valence-electron chi connectivity index (χ0n) is 18.3. The minimum atomic E-state index is -0.200. The second-order valence-corrected chi connectivity index (χ2v) is 8.96. The van der Waals surface area contributed by atoms with Crippen molar-refractivity contribution >= 4 is 28.2 Å². The van der Waals surface area contributed by atoms with Crippen LogP contribution < -0.4 is 15.5 Å². The van der Waals surface area contributed by atoms with Crippen LogP contribution in [0.5, 0.6) is 5.75 Å². The van der Waals surface area contributed by atoms with Crippen LogP contribution in [-0.2, 0) is 4.79 Å². The van der Waals surface area contributed by atoms with Gasteiger partial charge < -0.3 is 14.5 Å². The number of hydrogen-bond donors (Lipinski definition) is 1. The number of aryl methyl sites for hydroxylation is 1. The molecule has 1 unspecified atom stereocenters. The van der Waals surface area contributed by atoms with Crippen LogP contribution in [0.15, 0.2) is 75.3 Å². The fourth-order valence-electron chi connectivity index (χ4n) is 3.71. The SMILES string of the molecule is Cc1oc2cc(OCC(=O)NC(c3cccs3)C(C)C)ccc2c(=O)c1-c1ccccc1. The van der Waals surface area contributed by atoms with E-state index in [1.165, 1.54) is 0 Å². The highest BCUT2D eigenvalue weighted by Crippen LogP contribution is 2.27. The summed E-state index contributed by atoms with van der Waals surface area (Å²) in [5.41, 5.74) is 1.72. The minimum Gasteiger partial charge on any atom is -0.484 e. The van der Waals surface area contributed by atoms with Crippen LogP contribution in [0.2, 0.25) is 0 Å². The summed E-state index contributed by atoms with van der Waals surface area (Å²) in [4.78, 5) is 26.7. The molecule has 1 amide bonds. The molecule has 0 fully saturated rings. The van der Waals surface area contributed by atoms with E-state index in [4.69, 9.17) is 9.15 Å². The molecule has 2 aromatic heterocycles. The Hall–Kier alpha value is -3.38. The van der Waals surface area contributed by atoms with Crippen LogP contribution in [0.25, 0.3) is 22.1 Å². The number of fused-ring (bicyclic) bond motifs is 1. The molecule has 4 aromatic rings. The van der Waals surface area contributed by atoms with Crippen molar-refractivity contribution in [2.45, 2.75) is 26.8 Å². The van der Waals surface area contributed by atoms with Gasteiger partial charge in [0.15, 0.2) is 6.61 Å². The lowest BCUT2D eigenvalue weighted by Gasteiger charge is -2.21. The lowest BCUT2D eigenvalue weighted by Crippen LogP contribution is -2.34. The maximum Gasteiger partial charge on any atom is 0.258 e. The van der Waals surface area contributed by atoms with Gasteiger partial charge in [0.05, 0.1) is 17.0 Å². The summed E-state index contributed by atoms with van der Waals surface area (Å²) in [5, 5.41) is 5.52. The third-order valence-electron chi connectivity index (χ3n) is 5.31. The topological polar surface area (TPSA) is 68.5 Å². The first-order valence-electron chi connectivity index (χ1n) is 10.5. The van der Waals surface area contributed by atoms with Crippen LogP contribution in [0.3, 0.4) is 0 Å². The molecule has 32 heavy (non-hydrogen) atoms. The fourth-order valence-corrected chi connectivity index (χ4v) is 4.66. The Morgan fingerprint density at radius 1 is 1.09 bits per heavy atom. The Balaban J connectivity index is 1.51. The van der Waals surface area contributed by atoms with Gasteiger partial charge in [0.1, 0.15) is 17.1 Å². The van der Waals surface area contributed by atoms with E-state index in [-0.39, 0.29) is 29.9 Å². The van der Waals surface area contributed by atoms with E-state index in [1.807, 2.05) is 47.8 Å². The van der Waals surface area contributed by atoms with E-state index < -0.39 is 0 Å². The largest absolute Gasteiger partial charge is 0.484 e. The summed E-state index contributed by atoms with van der Waals surface area (Å²) in [6.45, 7) is 5.80. The molecule has 5 nitrogen and oxygen atoms in total. The zero-order valence-corrected chi connectivity index (χ0v) is 19.1. The number of thiophene rings is 1. The van der Waals surface area contributed by atoms with Gasteiger partial charge in [-0.05, 0) is 42.0 Å². The van der Waals surface area contributed by atoms with Gasteiger partial charge in [-0.15, -0.1) is 11.3 Å². The Bertz CT molecular complexity index is 1280. The lowest BCUT2D eigenvalue weighted by molar-refractivity contribution is -0.124. The normalized spacial score (nSPS) is 12.1. The van der Waals surface area contributed by atoms with E-state index in [9.17, 15) is 9.59 Å². The molecule has 4 rings (SSSR count). The van der Waals surface area contributed by atoms with Crippen molar-refractivity contribution in [3.05, 3.63) is 86.9 Å². The number of rotatable bonds is 7. The van der Waals surface area contributed by atoms with Crippen LogP contribution in [0, 0.1) is 12.8 Å². The Morgan fingerprint density at radius 3 is 2.56 bits per heavy atom. The lowest BCUT2D eigenvalue weighted by atomic mass is 10.0. The van der Waals surface area contributed by atoms with Gasteiger partial charge in [-0.1, -0.05) is 50.2 Å². The summed E-state index contributed by atoms with van der Waals surface area (Å²) in [6.07, 6.45) is 0. The predicted octanol–water partition coefficient (Wildman–Crippen LogP) is 5.72. The van der Waals surface area contributed by atoms with Crippen LogP contribution in [0.4, 0.5) is 0 Å². The second kappa shape index (κ2) is 9.40. The molecule has 0 saturated carbocycles. The van der Waals surface area contributed by atoms with Crippen molar-refractivity contribution in [3.63, 3.8) is 0 Å². The number of amides is 1. The molecule has 164 valence electrons. The molecule has 1 atom stereocenters. The number of benzene rings is 2. The van der Waals surface area contributed by atoms with E-state index in [2.05, 4.69) is 19.2 Å². The van der Waals surface area contributed by atoms with Crippen LogP contribution in [-0.4, -0.2) is 12.5 Å². The summed E-state index contributed by atoms with van der Waals surface area (Å²) in [7, 11) is 0. The van der Waals surface area contributed by atoms with Crippen LogP contribution in [0.1, 0.15) is 30.5 Å². The first-order valence-corrected chi connectivity index (χ1v) is 11.4. The number of carbonyl (C=O) groups excluding carboxylic acids is 1. The highest BCUT2D eigenvalue weighted by molar-refractivity contribution is 7.10. The summed E-state index contributed by atoms with van der Waals surface area (Å²) in [6, 6.07) is 18.4. The molecule has 2 aromatic carbocycles. The van der Waals surface area contributed by atoms with E-state index in [1.54, 1.807) is 36.5 Å². The molecular formula is C26H25NO4S. The third kappa shape index (κ3) is 4.60. The zero-order chi connectivity index (χ0) is 22.7. The van der Waals surface area contributed by atoms with E-state index >= 15 is 0 Å². The molecule has 0 aliphatic rings. The first-order chi connectivity index (χ1) is 15.4. The Kier molecular flexibility index (Phi) is 6.42. The average molecular weight is 448 g/mol. The van der Waals surface area contributed by atoms with E-state index in [0.717, 1.165) is 10.4 Å². The quantitative estimate of drug-likeness (QED) is 0.393. The molecule has 0 aliphatic heterocycles. The maximum atomic E-state index is 13.1. The van der Waals surface area contributed by atoms with Crippen molar-refractivity contribution < 1.29 is 13.9 Å². The van der Waals surface area contributed by atoms with Gasteiger partial charge in [-0.3, -0.25) is 9.59 Å². The Morgan fingerprint density at radius 2 is 1.88 bits per heavy atom. The molecular weight excluding hydrogens is 422 g/mol. The third-order valence-corrected chi connectivity index (χ3v) is 6.26. The van der Waals surface area contributed by atoms with Gasteiger partial charge in [0, 0.05) is 10.9 Å². The highest BCUT2D eigenvalue weighted by Gasteiger charge is 2.20. The van der Waals surface area contributed by atoms with Gasteiger partial charge >= 0.3 is 0 Å². The maximum absolute atomic E-state index is 13.1. The molecule has 0 saturated heterocycles. The Labute approximate surface area is 190 Å².